The Bertz CT molecular complexity index is 709. The highest BCUT2D eigenvalue weighted by Gasteiger charge is 2.55. The van der Waals surface area contributed by atoms with Crippen molar-refractivity contribution < 1.29 is 28.6 Å². The van der Waals surface area contributed by atoms with E-state index in [2.05, 4.69) is 17.6 Å². The Hall–Kier alpha value is -1.12. The van der Waals surface area contributed by atoms with Crippen LogP contribution in [-0.4, -0.2) is 64.7 Å². The largest absolute Gasteiger partial charge is 0.446 e. The molecule has 2 bridgehead atoms. The average molecular weight is 489 g/mol. The molecule has 0 aromatic heterocycles. The Morgan fingerprint density at radius 3 is 2.33 bits per heavy atom. The van der Waals surface area contributed by atoms with Crippen molar-refractivity contribution in [1.82, 2.24) is 10.6 Å². The number of hydrogen-bond acceptors (Lipinski definition) is 5. The standard InChI is InChI=1S/C24H38ClFN2O5/c1-15-2-4-16(5-3-15)33-22(31)28-24-10-8-23(9-11-24,13-20(24)29)27-21(30)14-32-17-6-7-18(25)19(26)12-17/h15-20,29H,2-14H2,1H3,(H,27,30)(H,28,31). The molecule has 0 saturated heterocycles. The number of carbonyl (C=O) groups excluding carboxylic acids is 2. The molecular weight excluding hydrogens is 451 g/mol. The first-order chi connectivity index (χ1) is 15.7. The molecule has 188 valence electrons. The molecule has 5 aliphatic rings. The van der Waals surface area contributed by atoms with Gasteiger partial charge in [-0.3, -0.25) is 4.79 Å². The van der Waals surface area contributed by atoms with Crippen LogP contribution in [0.4, 0.5) is 9.18 Å². The Kier molecular flexibility index (Phi) is 7.76. The van der Waals surface area contributed by atoms with E-state index in [1.54, 1.807) is 0 Å². The van der Waals surface area contributed by atoms with Gasteiger partial charge in [0.25, 0.3) is 0 Å². The molecular formula is C24H38ClFN2O5. The van der Waals surface area contributed by atoms with E-state index >= 15 is 0 Å². The first kappa shape index (κ1) is 25.0. The SMILES string of the molecule is CC1CCC(OC(=O)NC23CCC(NC(=O)COC4CCC(Cl)C(F)C4)(CC2)CC3O)CC1. The van der Waals surface area contributed by atoms with Crippen LogP contribution in [0.25, 0.3) is 0 Å². The van der Waals surface area contributed by atoms with Gasteiger partial charge in [-0.25, -0.2) is 9.18 Å². The topological polar surface area (TPSA) is 96.9 Å². The summed E-state index contributed by atoms with van der Waals surface area (Å²) < 4.78 is 25.1. The first-order valence-corrected chi connectivity index (χ1v) is 13.0. The lowest BCUT2D eigenvalue weighted by Gasteiger charge is -2.56. The minimum absolute atomic E-state index is 0.0486. The summed E-state index contributed by atoms with van der Waals surface area (Å²) in [6.07, 6.45) is 5.55. The molecule has 4 atom stereocenters. The van der Waals surface area contributed by atoms with Gasteiger partial charge < -0.3 is 25.2 Å². The first-order valence-electron chi connectivity index (χ1n) is 12.6. The quantitative estimate of drug-likeness (QED) is 0.495. The maximum Gasteiger partial charge on any atom is 0.407 e. The van der Waals surface area contributed by atoms with E-state index in [4.69, 9.17) is 21.1 Å². The van der Waals surface area contributed by atoms with Gasteiger partial charge in [0.05, 0.1) is 23.1 Å². The van der Waals surface area contributed by atoms with Gasteiger partial charge in [-0.15, -0.1) is 11.6 Å². The third kappa shape index (κ3) is 5.93. The number of rotatable bonds is 6. The molecule has 0 spiro atoms. The number of nitrogens with one attached hydrogen (secondary N) is 2. The van der Waals surface area contributed by atoms with Gasteiger partial charge in [0.15, 0.2) is 0 Å². The number of amides is 2. The van der Waals surface area contributed by atoms with Crippen LogP contribution in [0.2, 0.25) is 0 Å². The van der Waals surface area contributed by atoms with E-state index in [-0.39, 0.29) is 31.1 Å². The summed E-state index contributed by atoms with van der Waals surface area (Å²) >= 11 is 5.91. The lowest BCUT2D eigenvalue weighted by Crippen LogP contribution is -2.70. The smallest absolute Gasteiger partial charge is 0.407 e. The molecule has 0 aromatic carbocycles. The molecule has 4 unspecified atom stereocenters. The zero-order valence-electron chi connectivity index (χ0n) is 19.5. The van der Waals surface area contributed by atoms with Crippen LogP contribution in [0, 0.1) is 5.92 Å². The molecule has 3 N–H and O–H groups in total. The van der Waals surface area contributed by atoms with Crippen molar-refractivity contribution in [2.75, 3.05) is 6.61 Å². The second-order valence-corrected chi connectivity index (χ2v) is 11.5. The molecule has 5 fully saturated rings. The van der Waals surface area contributed by atoms with Gasteiger partial charge in [0.2, 0.25) is 5.91 Å². The van der Waals surface area contributed by atoms with Gasteiger partial charge in [-0.1, -0.05) is 6.92 Å². The summed E-state index contributed by atoms with van der Waals surface area (Å²) in [6, 6.07) is 0. The zero-order valence-corrected chi connectivity index (χ0v) is 20.2. The van der Waals surface area contributed by atoms with Crippen LogP contribution >= 0.6 is 11.6 Å². The average Bonchev–Trinajstić information content (AvgIpc) is 2.77. The second-order valence-electron chi connectivity index (χ2n) is 10.9. The third-order valence-electron chi connectivity index (χ3n) is 8.41. The number of carbonyl (C=O) groups is 2. The minimum atomic E-state index is -1.10. The van der Waals surface area contributed by atoms with E-state index < -0.39 is 34.8 Å². The van der Waals surface area contributed by atoms with Crippen molar-refractivity contribution in [3.05, 3.63) is 0 Å². The van der Waals surface area contributed by atoms with E-state index in [0.29, 0.717) is 50.9 Å². The number of alkyl carbamates (subject to hydrolysis) is 1. The Morgan fingerprint density at radius 2 is 1.70 bits per heavy atom. The highest BCUT2D eigenvalue weighted by Crippen LogP contribution is 2.47. The van der Waals surface area contributed by atoms with E-state index in [1.807, 2.05) is 0 Å². The van der Waals surface area contributed by atoms with Crippen LogP contribution in [0.5, 0.6) is 0 Å². The number of fused-ring (bicyclic) bond motifs is 3. The zero-order chi connectivity index (χ0) is 23.6. The fourth-order valence-electron chi connectivity index (χ4n) is 6.11. The van der Waals surface area contributed by atoms with E-state index in [1.165, 1.54) is 0 Å². The van der Waals surface area contributed by atoms with Crippen molar-refractivity contribution in [1.29, 1.82) is 0 Å². The predicted molar refractivity (Wildman–Crippen MR) is 122 cm³/mol. The molecule has 0 aliphatic heterocycles. The number of aliphatic hydroxyl groups is 1. The molecule has 0 heterocycles. The van der Waals surface area contributed by atoms with Crippen molar-refractivity contribution in [2.24, 2.45) is 5.92 Å². The Labute approximate surface area is 200 Å². The lowest BCUT2D eigenvalue weighted by atomic mass is 9.60. The Balaban J connectivity index is 1.23. The normalized spacial score (nSPS) is 43.0. The van der Waals surface area contributed by atoms with E-state index in [0.717, 1.165) is 25.7 Å². The van der Waals surface area contributed by atoms with E-state index in [9.17, 15) is 19.1 Å². The third-order valence-corrected chi connectivity index (χ3v) is 8.90. The van der Waals surface area contributed by atoms with Crippen LogP contribution in [0.3, 0.4) is 0 Å². The van der Waals surface area contributed by atoms with Crippen molar-refractivity contribution in [3.63, 3.8) is 0 Å². The summed E-state index contributed by atoms with van der Waals surface area (Å²) in [4.78, 5) is 25.1. The van der Waals surface area contributed by atoms with Crippen LogP contribution in [0.15, 0.2) is 0 Å². The molecule has 5 saturated carbocycles. The number of halogens is 2. The van der Waals surface area contributed by atoms with Crippen LogP contribution in [-0.2, 0) is 14.3 Å². The molecule has 7 nitrogen and oxygen atoms in total. The maximum absolute atomic E-state index is 13.8. The van der Waals surface area contributed by atoms with Gasteiger partial charge in [0, 0.05) is 12.0 Å². The fourth-order valence-corrected chi connectivity index (χ4v) is 6.34. The molecule has 5 aliphatic carbocycles. The number of aliphatic hydroxyl groups excluding tert-OH is 1. The van der Waals surface area contributed by atoms with Crippen LogP contribution < -0.4 is 10.6 Å². The molecule has 0 radical (unpaired) electrons. The summed E-state index contributed by atoms with van der Waals surface area (Å²) in [5.74, 6) is 0.430. The molecule has 0 aromatic rings. The van der Waals surface area contributed by atoms with Gasteiger partial charge in [0.1, 0.15) is 18.9 Å². The van der Waals surface area contributed by atoms with Crippen molar-refractivity contribution in [2.45, 2.75) is 125 Å². The minimum Gasteiger partial charge on any atom is -0.446 e. The molecule has 5 rings (SSSR count). The molecule has 33 heavy (non-hydrogen) atoms. The van der Waals surface area contributed by atoms with Gasteiger partial charge in [-0.05, 0) is 76.5 Å². The summed E-state index contributed by atoms with van der Waals surface area (Å²) in [5, 5.41) is 16.5. The lowest BCUT2D eigenvalue weighted by molar-refractivity contribution is -0.135. The highest BCUT2D eigenvalue weighted by atomic mass is 35.5. The van der Waals surface area contributed by atoms with Gasteiger partial charge >= 0.3 is 6.09 Å². The summed E-state index contributed by atoms with van der Waals surface area (Å²) in [7, 11) is 0. The highest BCUT2D eigenvalue weighted by molar-refractivity contribution is 6.21. The van der Waals surface area contributed by atoms with Crippen LogP contribution in [0.1, 0.15) is 84.0 Å². The Morgan fingerprint density at radius 1 is 1.03 bits per heavy atom. The maximum atomic E-state index is 13.8. The van der Waals surface area contributed by atoms with Crippen molar-refractivity contribution in [3.8, 4) is 0 Å². The fraction of sp³-hybridized carbons (Fsp3) is 0.917. The molecule has 9 heteroatoms. The number of ether oxygens (including phenoxy) is 2. The number of alkyl halides is 2. The summed E-state index contributed by atoms with van der Waals surface area (Å²) in [5.41, 5.74) is -1.19. The number of hydrogen-bond donors (Lipinski definition) is 3. The monoisotopic (exact) mass is 488 g/mol. The van der Waals surface area contributed by atoms with Gasteiger partial charge in [-0.2, -0.15) is 0 Å². The molecule has 2 amide bonds. The predicted octanol–water partition coefficient (Wildman–Crippen LogP) is 3.74. The van der Waals surface area contributed by atoms with Crippen molar-refractivity contribution >= 4 is 23.6 Å². The second kappa shape index (κ2) is 10.2. The summed E-state index contributed by atoms with van der Waals surface area (Å²) in [6.45, 7) is 2.09.